The van der Waals surface area contributed by atoms with Gasteiger partial charge in [0.25, 0.3) is 0 Å². The molecular weight excluding hydrogens is 196 g/mol. The van der Waals surface area contributed by atoms with Crippen LogP contribution in [0.25, 0.3) is 0 Å². The predicted octanol–water partition coefficient (Wildman–Crippen LogP) is 1.74. The number of hydrogen-bond donors (Lipinski definition) is 0. The Morgan fingerprint density at radius 1 is 0.833 bits per heavy atom. The second-order valence-corrected chi connectivity index (χ2v) is 2.51. The van der Waals surface area contributed by atoms with Gasteiger partial charge in [0, 0.05) is 0 Å². The molecule has 0 spiro atoms. The lowest BCUT2D eigenvalue weighted by Crippen LogP contribution is -1.63. The third-order valence-electron chi connectivity index (χ3n) is 1.14. The standard InChI is InChI=1S/C6H4N2O2S2/c9-11-7-5-1-2-6(4-3-5)8-12-10/h1-4H. The van der Waals surface area contributed by atoms with E-state index in [4.69, 9.17) is 0 Å². The molecule has 0 bridgehead atoms. The molecule has 6 heteroatoms. The first kappa shape index (κ1) is 8.95. The molecule has 1 aromatic carbocycles. The van der Waals surface area contributed by atoms with E-state index in [1.165, 1.54) is 0 Å². The largest absolute Gasteiger partial charge is 0.205 e. The van der Waals surface area contributed by atoms with E-state index in [1.807, 2.05) is 0 Å². The summed E-state index contributed by atoms with van der Waals surface area (Å²) < 4.78 is 27.0. The van der Waals surface area contributed by atoms with Crippen LogP contribution in [0.2, 0.25) is 0 Å². The summed E-state index contributed by atoms with van der Waals surface area (Å²) in [6, 6.07) is 6.50. The lowest BCUT2D eigenvalue weighted by atomic mass is 10.3. The molecule has 0 saturated heterocycles. The van der Waals surface area contributed by atoms with Crippen LogP contribution in [0.15, 0.2) is 33.0 Å². The summed E-state index contributed by atoms with van der Waals surface area (Å²) >= 11 is 0.303. The zero-order valence-electron chi connectivity index (χ0n) is 5.84. The maximum absolute atomic E-state index is 9.98. The van der Waals surface area contributed by atoms with E-state index in [9.17, 15) is 8.42 Å². The van der Waals surface area contributed by atoms with Crippen LogP contribution in [-0.4, -0.2) is 8.42 Å². The average molecular weight is 200 g/mol. The van der Waals surface area contributed by atoms with Crippen molar-refractivity contribution in [3.05, 3.63) is 24.3 Å². The molecule has 4 nitrogen and oxygen atoms in total. The van der Waals surface area contributed by atoms with E-state index in [0.717, 1.165) is 0 Å². The number of nitrogens with zero attached hydrogens (tertiary/aromatic N) is 2. The number of benzene rings is 1. The highest BCUT2D eigenvalue weighted by Gasteiger charge is 1.89. The lowest BCUT2D eigenvalue weighted by molar-refractivity contribution is 0.697. The minimum atomic E-state index is 0.151. The van der Waals surface area contributed by atoms with Gasteiger partial charge in [0.2, 0.25) is 22.9 Å². The minimum Gasteiger partial charge on any atom is -0.191 e. The lowest BCUT2D eigenvalue weighted by Gasteiger charge is -1.89. The topological polar surface area (TPSA) is 58.9 Å². The van der Waals surface area contributed by atoms with Crippen LogP contribution >= 0.6 is 0 Å². The summed E-state index contributed by atoms with van der Waals surface area (Å²) in [5.74, 6) is 0. The summed E-state index contributed by atoms with van der Waals surface area (Å²) in [7, 11) is 0. The van der Waals surface area contributed by atoms with Crippen LogP contribution < -0.4 is 0 Å². The molecule has 1 aromatic rings. The Kier molecular flexibility index (Phi) is 3.49. The summed E-state index contributed by atoms with van der Waals surface area (Å²) in [5.41, 5.74) is 1.15. The first-order valence-electron chi connectivity index (χ1n) is 2.97. The number of rotatable bonds is 2. The van der Waals surface area contributed by atoms with Gasteiger partial charge >= 0.3 is 0 Å². The van der Waals surface area contributed by atoms with Gasteiger partial charge in [-0.05, 0) is 24.3 Å². The van der Waals surface area contributed by atoms with Gasteiger partial charge in [0.1, 0.15) is 0 Å². The molecular formula is C6H4N2O2S2. The van der Waals surface area contributed by atoms with Gasteiger partial charge in [0.15, 0.2) is 0 Å². The van der Waals surface area contributed by atoms with Crippen molar-refractivity contribution in [1.82, 2.24) is 0 Å². The molecule has 0 amide bonds. The van der Waals surface area contributed by atoms with Crippen molar-refractivity contribution in [3.8, 4) is 0 Å². The Balaban J connectivity index is 2.99. The second-order valence-electron chi connectivity index (χ2n) is 1.85. The van der Waals surface area contributed by atoms with Gasteiger partial charge < -0.3 is 0 Å². The smallest absolute Gasteiger partial charge is 0.191 e. The van der Waals surface area contributed by atoms with Crippen LogP contribution in [0.4, 0.5) is 11.4 Å². The Labute approximate surface area is 76.1 Å². The van der Waals surface area contributed by atoms with E-state index in [-0.39, 0.29) is 22.9 Å². The molecule has 1 rings (SSSR count). The third-order valence-corrected chi connectivity index (χ3v) is 1.71. The highest BCUT2D eigenvalue weighted by molar-refractivity contribution is 7.55. The van der Waals surface area contributed by atoms with Crippen molar-refractivity contribution >= 4 is 34.3 Å². The summed E-state index contributed by atoms with van der Waals surface area (Å²) in [4.78, 5) is 0. The molecule has 0 unspecified atom stereocenters. The highest BCUT2D eigenvalue weighted by Crippen LogP contribution is 2.17. The summed E-state index contributed by atoms with van der Waals surface area (Å²) in [6.45, 7) is 0. The van der Waals surface area contributed by atoms with Gasteiger partial charge in [-0.25, -0.2) is 0 Å². The fourth-order valence-electron chi connectivity index (χ4n) is 0.660. The van der Waals surface area contributed by atoms with Gasteiger partial charge in [0.05, 0.1) is 11.4 Å². The van der Waals surface area contributed by atoms with E-state index in [2.05, 4.69) is 8.73 Å². The van der Waals surface area contributed by atoms with Crippen molar-refractivity contribution in [3.63, 3.8) is 0 Å². The minimum absolute atomic E-state index is 0.151. The molecule has 0 aliphatic rings. The zero-order valence-corrected chi connectivity index (χ0v) is 7.47. The molecule has 0 aromatic heterocycles. The van der Waals surface area contributed by atoms with Crippen LogP contribution in [0, 0.1) is 0 Å². The van der Waals surface area contributed by atoms with Gasteiger partial charge in [-0.15, -0.1) is 0 Å². The average Bonchev–Trinajstić information content (AvgIpc) is 2.09. The van der Waals surface area contributed by atoms with Crippen LogP contribution in [0.3, 0.4) is 0 Å². The predicted molar refractivity (Wildman–Crippen MR) is 46.9 cm³/mol. The third kappa shape index (κ3) is 2.48. The fraction of sp³-hybridized carbons (Fsp3) is 0. The first-order chi connectivity index (χ1) is 5.86. The van der Waals surface area contributed by atoms with Crippen molar-refractivity contribution < 1.29 is 8.42 Å². The van der Waals surface area contributed by atoms with Crippen LogP contribution in [0.1, 0.15) is 0 Å². The summed E-state index contributed by atoms with van der Waals surface area (Å²) in [5, 5.41) is 0. The van der Waals surface area contributed by atoms with Gasteiger partial charge in [-0.1, -0.05) is 0 Å². The Morgan fingerprint density at radius 3 is 1.42 bits per heavy atom. The van der Waals surface area contributed by atoms with E-state index in [1.54, 1.807) is 24.3 Å². The zero-order chi connectivity index (χ0) is 8.81. The highest BCUT2D eigenvalue weighted by atomic mass is 32.1. The monoisotopic (exact) mass is 200 g/mol. The van der Waals surface area contributed by atoms with Crippen molar-refractivity contribution in [1.29, 1.82) is 0 Å². The molecule has 0 atom stereocenters. The van der Waals surface area contributed by atoms with E-state index >= 15 is 0 Å². The Bertz CT molecular complexity index is 327. The number of hydrogen-bond acceptors (Lipinski definition) is 4. The Hall–Kier alpha value is -1.14. The molecule has 12 heavy (non-hydrogen) atoms. The fourth-order valence-corrected chi connectivity index (χ4v) is 1.08. The van der Waals surface area contributed by atoms with Crippen LogP contribution in [0.5, 0.6) is 0 Å². The normalized spacial score (nSPS) is 8.67. The molecule has 0 aliphatic heterocycles. The molecule has 0 heterocycles. The molecule has 0 radical (unpaired) electrons. The first-order valence-corrected chi connectivity index (χ1v) is 4.36. The van der Waals surface area contributed by atoms with Crippen molar-refractivity contribution in [2.75, 3.05) is 0 Å². The molecule has 0 aliphatic carbocycles. The maximum Gasteiger partial charge on any atom is 0.205 e. The molecule has 0 N–H and O–H groups in total. The summed E-state index contributed by atoms with van der Waals surface area (Å²) in [6.07, 6.45) is 0. The maximum atomic E-state index is 9.98. The van der Waals surface area contributed by atoms with Crippen molar-refractivity contribution in [2.24, 2.45) is 8.73 Å². The second kappa shape index (κ2) is 4.68. The van der Waals surface area contributed by atoms with Crippen LogP contribution in [-0.2, 0) is 22.9 Å². The quantitative estimate of drug-likeness (QED) is 0.730. The van der Waals surface area contributed by atoms with Gasteiger partial charge in [-0.3, -0.25) is 0 Å². The van der Waals surface area contributed by atoms with Crippen molar-refractivity contribution in [2.45, 2.75) is 0 Å². The van der Waals surface area contributed by atoms with E-state index in [0.29, 0.717) is 11.4 Å². The molecule has 62 valence electrons. The van der Waals surface area contributed by atoms with E-state index < -0.39 is 0 Å². The SMILES string of the molecule is O=S=Nc1ccc(N=S=O)cc1. The molecule has 0 saturated carbocycles. The Morgan fingerprint density at radius 2 is 1.17 bits per heavy atom. The molecule has 0 fully saturated rings. The van der Waals surface area contributed by atoms with Gasteiger partial charge in [-0.2, -0.15) is 17.1 Å².